The minimum Gasteiger partial charge on any atom is -0.438 e. The summed E-state index contributed by atoms with van der Waals surface area (Å²) >= 11 is 0. The fourth-order valence-electron chi connectivity index (χ4n) is 4.76. The highest BCUT2D eigenvalue weighted by Crippen LogP contribution is 2.80. The van der Waals surface area contributed by atoms with Crippen LogP contribution in [0.25, 0.3) is 0 Å². The summed E-state index contributed by atoms with van der Waals surface area (Å²) in [4.78, 5) is 49.5. The average molecular weight is 905 g/mol. The summed E-state index contributed by atoms with van der Waals surface area (Å²) in [6.45, 7) is 27.1. The topological polar surface area (TPSA) is 176 Å². The van der Waals surface area contributed by atoms with Gasteiger partial charge in [0.15, 0.2) is 4.90 Å². The summed E-state index contributed by atoms with van der Waals surface area (Å²) in [5.41, 5.74) is -0.200. The summed E-state index contributed by atoms with van der Waals surface area (Å²) in [6, 6.07) is 0. The van der Waals surface area contributed by atoms with Crippen LogP contribution in [0.5, 0.6) is 0 Å². The zero-order valence-electron chi connectivity index (χ0n) is 40.5. The van der Waals surface area contributed by atoms with E-state index in [0.717, 1.165) is 22.3 Å². The number of hydrogen-bond acceptors (Lipinski definition) is 14. The predicted molar refractivity (Wildman–Crippen MR) is 238 cm³/mol. The molecule has 16 heteroatoms. The molecule has 0 aromatic heterocycles. The molecule has 0 spiro atoms. The third kappa shape index (κ3) is 20.9. The van der Waals surface area contributed by atoms with E-state index in [-0.39, 0.29) is 12.8 Å². The number of rotatable bonds is 24. The molecule has 0 aliphatic carbocycles. The van der Waals surface area contributed by atoms with Crippen LogP contribution >= 0.6 is 15.2 Å². The highest BCUT2D eigenvalue weighted by atomic mass is 31.2. The Morgan fingerprint density at radius 1 is 0.410 bits per heavy atom. The van der Waals surface area contributed by atoms with Crippen LogP contribution in [-0.4, -0.2) is 55.9 Å². The van der Waals surface area contributed by atoms with Gasteiger partial charge in [-0.15, -0.1) is 0 Å². The summed E-state index contributed by atoms with van der Waals surface area (Å²) < 4.78 is 77.8. The highest BCUT2D eigenvalue weighted by Gasteiger charge is 2.65. The second-order valence-electron chi connectivity index (χ2n) is 19.8. The first-order chi connectivity index (χ1) is 27.6. The standard InChI is InChI=1S/C45H78O14P2/c1-33(2)21-19-23-35(5)25-27-45(28-26-36(6)24-20-22-34(3)4,60(50,56-29-52-37(46)41(7,8)9)57-30-53-38(47)42(10,11)12)61(51,58-31-54-39(48)43(13,14)15)59-32-55-40(49)44(16,17)18/h21-22,25-26H,19-20,23-24,27-32H2,1-18H3/b35-25-,36-26+. The van der Waals surface area contributed by atoms with Gasteiger partial charge in [0.05, 0.1) is 21.7 Å². The van der Waals surface area contributed by atoms with Crippen LogP contribution in [0.15, 0.2) is 46.6 Å². The van der Waals surface area contributed by atoms with Crippen LogP contribution in [0.3, 0.4) is 0 Å². The van der Waals surface area contributed by atoms with E-state index < -0.39 is 92.8 Å². The third-order valence-corrected chi connectivity index (χ3v) is 14.9. The van der Waals surface area contributed by atoms with Gasteiger partial charge in [0, 0.05) is 0 Å². The Hall–Kier alpha value is -2.86. The Bertz CT molecular complexity index is 1490. The number of hydrogen-bond donors (Lipinski definition) is 0. The monoisotopic (exact) mass is 904 g/mol. The molecule has 0 fully saturated rings. The van der Waals surface area contributed by atoms with Gasteiger partial charge >= 0.3 is 39.1 Å². The first kappa shape index (κ1) is 58.1. The normalized spacial score (nSPS) is 13.6. The van der Waals surface area contributed by atoms with Crippen LogP contribution in [0.1, 0.15) is 163 Å². The zero-order valence-corrected chi connectivity index (χ0v) is 42.3. The highest BCUT2D eigenvalue weighted by molar-refractivity contribution is 7.74. The lowest BCUT2D eigenvalue weighted by atomic mass is 9.98. The van der Waals surface area contributed by atoms with E-state index in [1.54, 1.807) is 95.2 Å². The van der Waals surface area contributed by atoms with Gasteiger partial charge in [0.2, 0.25) is 27.2 Å². The second-order valence-corrected chi connectivity index (χ2v) is 24.9. The first-order valence-corrected chi connectivity index (χ1v) is 23.8. The van der Waals surface area contributed by atoms with E-state index >= 15 is 9.13 Å². The maximum Gasteiger partial charge on any atom is 0.355 e. The summed E-state index contributed by atoms with van der Waals surface area (Å²) in [7, 11) is -10.3. The molecule has 0 unspecified atom stereocenters. The minimum atomic E-state index is -5.15. The van der Waals surface area contributed by atoms with Crippen LogP contribution in [0.4, 0.5) is 0 Å². The van der Waals surface area contributed by atoms with Crippen molar-refractivity contribution in [1.29, 1.82) is 0 Å². The zero-order chi connectivity index (χ0) is 47.7. The molecule has 0 rings (SSSR count). The molecule has 0 aromatic carbocycles. The number of allylic oxidation sites excluding steroid dienone is 8. The van der Waals surface area contributed by atoms with Crippen molar-refractivity contribution in [2.75, 3.05) is 27.2 Å². The number of ether oxygens (including phenoxy) is 4. The van der Waals surface area contributed by atoms with E-state index in [4.69, 9.17) is 37.0 Å². The molecule has 0 aliphatic rings. The average Bonchev–Trinajstić information content (AvgIpc) is 3.09. The van der Waals surface area contributed by atoms with Crippen molar-refractivity contribution in [3.05, 3.63) is 46.6 Å². The van der Waals surface area contributed by atoms with Gasteiger partial charge in [-0.3, -0.25) is 46.4 Å². The van der Waals surface area contributed by atoms with Crippen molar-refractivity contribution in [3.8, 4) is 0 Å². The van der Waals surface area contributed by atoms with Gasteiger partial charge in [-0.05, 0) is 163 Å². The lowest BCUT2D eigenvalue weighted by Crippen LogP contribution is -2.35. The molecule has 0 saturated heterocycles. The summed E-state index contributed by atoms with van der Waals surface area (Å²) in [6.07, 6.45) is 9.16. The molecule has 0 bridgehead atoms. The quantitative estimate of drug-likeness (QED) is 0.0294. The van der Waals surface area contributed by atoms with Crippen LogP contribution < -0.4 is 0 Å². The molecular weight excluding hydrogens is 826 g/mol. The Morgan fingerprint density at radius 3 is 0.836 bits per heavy atom. The lowest BCUT2D eigenvalue weighted by molar-refractivity contribution is -0.163. The second kappa shape index (κ2) is 24.8. The Labute approximate surface area is 367 Å². The Balaban J connectivity index is 8.37. The van der Waals surface area contributed by atoms with Crippen molar-refractivity contribution in [2.24, 2.45) is 21.7 Å². The fourth-order valence-corrected chi connectivity index (χ4v) is 9.78. The molecule has 0 amide bonds. The minimum absolute atomic E-state index is 0.388. The molecule has 0 N–H and O–H groups in total. The Morgan fingerprint density at radius 2 is 0.639 bits per heavy atom. The van der Waals surface area contributed by atoms with E-state index in [2.05, 4.69) is 12.2 Å². The largest absolute Gasteiger partial charge is 0.438 e. The molecule has 0 saturated carbocycles. The van der Waals surface area contributed by atoms with Gasteiger partial charge in [-0.1, -0.05) is 46.6 Å². The summed E-state index contributed by atoms with van der Waals surface area (Å²) in [5.74, 6) is -2.86. The van der Waals surface area contributed by atoms with E-state index in [1.807, 2.05) is 41.5 Å². The number of esters is 4. The van der Waals surface area contributed by atoms with Crippen molar-refractivity contribution >= 4 is 39.1 Å². The maximum absolute atomic E-state index is 16.0. The van der Waals surface area contributed by atoms with Crippen LogP contribution in [0, 0.1) is 21.7 Å². The first-order valence-electron chi connectivity index (χ1n) is 20.7. The predicted octanol–water partition coefficient (Wildman–Crippen LogP) is 12.5. The van der Waals surface area contributed by atoms with Crippen LogP contribution in [-0.2, 0) is 65.4 Å². The van der Waals surface area contributed by atoms with E-state index in [1.165, 1.54) is 0 Å². The summed E-state index contributed by atoms with van der Waals surface area (Å²) in [5, 5.41) is 0. The molecule has 61 heavy (non-hydrogen) atoms. The SMILES string of the molecule is CC(C)=CCC/C(C)=C\CC(C/C=C(\C)CCC=C(C)C)(P(=O)(OCOC(=O)C(C)(C)C)OCOC(=O)C(C)(C)C)P(=O)(OCOC(=O)C(C)(C)C)OCOC(=O)C(C)(C)C. The van der Waals surface area contributed by atoms with Gasteiger partial charge in [-0.2, -0.15) is 0 Å². The smallest absolute Gasteiger partial charge is 0.355 e. The van der Waals surface area contributed by atoms with Crippen molar-refractivity contribution in [1.82, 2.24) is 0 Å². The molecule has 14 nitrogen and oxygen atoms in total. The van der Waals surface area contributed by atoms with Crippen molar-refractivity contribution in [2.45, 2.75) is 168 Å². The number of carbonyl (C=O) groups excluding carboxylic acids is 4. The van der Waals surface area contributed by atoms with Crippen LogP contribution in [0.2, 0.25) is 0 Å². The number of carbonyl (C=O) groups is 4. The van der Waals surface area contributed by atoms with Crippen molar-refractivity contribution < 1.29 is 65.4 Å². The molecule has 0 aliphatic heterocycles. The Kier molecular flexibility index (Phi) is 23.7. The molecule has 0 aromatic rings. The molecular formula is C45H78O14P2. The van der Waals surface area contributed by atoms with Crippen molar-refractivity contribution in [3.63, 3.8) is 0 Å². The van der Waals surface area contributed by atoms with E-state index in [9.17, 15) is 19.2 Å². The third-order valence-electron chi connectivity index (χ3n) is 8.86. The van der Waals surface area contributed by atoms with Gasteiger partial charge < -0.3 is 18.9 Å². The lowest BCUT2D eigenvalue weighted by Gasteiger charge is -2.41. The molecule has 352 valence electrons. The van der Waals surface area contributed by atoms with E-state index in [0.29, 0.717) is 25.7 Å². The molecule has 0 heterocycles. The van der Waals surface area contributed by atoms with Gasteiger partial charge in [-0.25, -0.2) is 0 Å². The fraction of sp³-hybridized carbons (Fsp3) is 0.733. The molecule has 0 atom stereocenters. The van der Waals surface area contributed by atoms with Gasteiger partial charge in [0.25, 0.3) is 0 Å². The maximum atomic E-state index is 16.0. The molecule has 0 radical (unpaired) electrons. The van der Waals surface area contributed by atoms with Gasteiger partial charge in [0.1, 0.15) is 0 Å².